The Balaban J connectivity index is 2.59. The van der Waals surface area contributed by atoms with Crippen molar-refractivity contribution in [2.24, 2.45) is 0 Å². The lowest BCUT2D eigenvalue weighted by atomic mass is 10.2. The molecule has 0 fully saturated rings. The number of pyridine rings is 1. The van der Waals surface area contributed by atoms with Gasteiger partial charge in [-0.3, -0.25) is 0 Å². The van der Waals surface area contributed by atoms with E-state index in [1.165, 1.54) is 0 Å². The van der Waals surface area contributed by atoms with Crippen LogP contribution < -0.4 is 5.73 Å². The number of nitrogens with zero attached hydrogens (tertiary/aromatic N) is 3. The lowest BCUT2D eigenvalue weighted by Gasteiger charge is -2.05. The number of hydrogen-bond donors (Lipinski definition) is 1. The quantitative estimate of drug-likeness (QED) is 0.705. The van der Waals surface area contributed by atoms with Gasteiger partial charge in [0.2, 0.25) is 0 Å². The highest BCUT2D eigenvalue weighted by molar-refractivity contribution is 5.57. The normalized spacial score (nSPS) is 10.2. The summed E-state index contributed by atoms with van der Waals surface area (Å²) in [5.74, 6) is 0.685. The maximum absolute atomic E-state index is 5.85. The van der Waals surface area contributed by atoms with Crippen LogP contribution in [0, 0.1) is 6.92 Å². The second-order valence-corrected chi connectivity index (χ2v) is 2.82. The molecule has 0 saturated heterocycles. The third kappa shape index (κ3) is 1.26. The summed E-state index contributed by atoms with van der Waals surface area (Å²) in [4.78, 5) is 4.16. The molecule has 0 aliphatic heterocycles. The van der Waals surface area contributed by atoms with Crippen LogP contribution in [0.2, 0.25) is 0 Å². The Morgan fingerprint density at radius 3 is 2.92 bits per heavy atom. The Kier molecular flexibility index (Phi) is 1.73. The van der Waals surface area contributed by atoms with E-state index < -0.39 is 0 Å². The van der Waals surface area contributed by atoms with E-state index in [0.29, 0.717) is 11.5 Å². The van der Waals surface area contributed by atoms with Crippen molar-refractivity contribution < 1.29 is 0 Å². The number of rotatable bonds is 1. The maximum atomic E-state index is 5.85. The molecule has 0 aliphatic rings. The SMILES string of the molecule is Cc1ccnc(-n2cccn2)c1N. The van der Waals surface area contributed by atoms with Crippen LogP contribution >= 0.6 is 0 Å². The first-order valence-electron chi connectivity index (χ1n) is 4.00. The van der Waals surface area contributed by atoms with Crippen LogP contribution in [0.1, 0.15) is 5.56 Å². The van der Waals surface area contributed by atoms with Gasteiger partial charge in [0.05, 0.1) is 5.69 Å². The molecule has 0 saturated carbocycles. The van der Waals surface area contributed by atoms with Gasteiger partial charge in [0.25, 0.3) is 0 Å². The minimum atomic E-state index is 0.672. The Morgan fingerprint density at radius 2 is 2.23 bits per heavy atom. The highest BCUT2D eigenvalue weighted by atomic mass is 15.3. The van der Waals surface area contributed by atoms with Crippen molar-refractivity contribution in [3.8, 4) is 5.82 Å². The van der Waals surface area contributed by atoms with Crippen LogP contribution in [-0.4, -0.2) is 14.8 Å². The van der Waals surface area contributed by atoms with E-state index in [1.807, 2.05) is 25.3 Å². The van der Waals surface area contributed by atoms with Crippen LogP contribution in [0.25, 0.3) is 5.82 Å². The summed E-state index contributed by atoms with van der Waals surface area (Å²) in [6.07, 6.45) is 5.24. The highest BCUT2D eigenvalue weighted by Gasteiger charge is 2.04. The predicted molar refractivity (Wildman–Crippen MR) is 50.5 cm³/mol. The molecule has 0 bridgehead atoms. The third-order valence-corrected chi connectivity index (χ3v) is 1.91. The smallest absolute Gasteiger partial charge is 0.176 e. The molecule has 66 valence electrons. The van der Waals surface area contributed by atoms with Crippen LogP contribution in [0.15, 0.2) is 30.7 Å². The van der Waals surface area contributed by atoms with E-state index in [-0.39, 0.29) is 0 Å². The van der Waals surface area contributed by atoms with Crippen molar-refractivity contribution in [2.45, 2.75) is 6.92 Å². The van der Waals surface area contributed by atoms with E-state index in [9.17, 15) is 0 Å². The standard InChI is InChI=1S/C9H10N4/c1-7-3-5-11-9(8(7)10)13-6-2-4-12-13/h2-6H,10H2,1H3. The van der Waals surface area contributed by atoms with E-state index in [4.69, 9.17) is 5.73 Å². The summed E-state index contributed by atoms with van der Waals surface area (Å²) in [5, 5.41) is 4.06. The van der Waals surface area contributed by atoms with Crippen LogP contribution in [0.3, 0.4) is 0 Å². The number of nitrogens with two attached hydrogens (primary N) is 1. The van der Waals surface area contributed by atoms with Gasteiger partial charge in [0.15, 0.2) is 5.82 Å². The van der Waals surface area contributed by atoms with Crippen molar-refractivity contribution in [3.63, 3.8) is 0 Å². The monoisotopic (exact) mass is 174 g/mol. The highest BCUT2D eigenvalue weighted by Crippen LogP contribution is 2.16. The number of anilines is 1. The maximum Gasteiger partial charge on any atom is 0.176 e. The summed E-state index contributed by atoms with van der Waals surface area (Å²) < 4.78 is 1.66. The van der Waals surface area contributed by atoms with Gasteiger partial charge in [-0.1, -0.05) is 0 Å². The zero-order valence-electron chi connectivity index (χ0n) is 7.31. The Hall–Kier alpha value is -1.84. The van der Waals surface area contributed by atoms with Gasteiger partial charge >= 0.3 is 0 Å². The number of nitrogen functional groups attached to an aromatic ring is 1. The van der Waals surface area contributed by atoms with Crippen molar-refractivity contribution in [1.82, 2.24) is 14.8 Å². The average Bonchev–Trinajstić information content (AvgIpc) is 2.62. The molecule has 0 spiro atoms. The van der Waals surface area contributed by atoms with Crippen molar-refractivity contribution in [3.05, 3.63) is 36.3 Å². The lowest BCUT2D eigenvalue weighted by molar-refractivity contribution is 0.848. The topological polar surface area (TPSA) is 56.7 Å². The first-order chi connectivity index (χ1) is 6.29. The number of hydrogen-bond acceptors (Lipinski definition) is 3. The number of aryl methyl sites for hydroxylation is 1. The predicted octanol–water partition coefficient (Wildman–Crippen LogP) is 1.16. The zero-order valence-corrected chi connectivity index (χ0v) is 7.31. The molecule has 0 atom stereocenters. The van der Waals surface area contributed by atoms with Crippen molar-refractivity contribution in [1.29, 1.82) is 0 Å². The van der Waals surface area contributed by atoms with Crippen LogP contribution in [0.5, 0.6) is 0 Å². The van der Waals surface area contributed by atoms with Gasteiger partial charge in [0, 0.05) is 18.6 Å². The third-order valence-electron chi connectivity index (χ3n) is 1.91. The van der Waals surface area contributed by atoms with E-state index in [1.54, 1.807) is 17.1 Å². The van der Waals surface area contributed by atoms with Gasteiger partial charge < -0.3 is 5.73 Å². The minimum absolute atomic E-state index is 0.672. The lowest BCUT2D eigenvalue weighted by Crippen LogP contribution is -2.04. The molecule has 2 aromatic rings. The zero-order chi connectivity index (χ0) is 9.26. The van der Waals surface area contributed by atoms with E-state index in [0.717, 1.165) is 5.56 Å². The van der Waals surface area contributed by atoms with Gasteiger partial charge in [-0.2, -0.15) is 5.10 Å². The molecule has 4 nitrogen and oxygen atoms in total. The molecule has 0 aromatic carbocycles. The Morgan fingerprint density at radius 1 is 1.38 bits per heavy atom. The summed E-state index contributed by atoms with van der Waals surface area (Å²) in [6.45, 7) is 1.95. The number of aromatic nitrogens is 3. The average molecular weight is 174 g/mol. The molecular weight excluding hydrogens is 164 g/mol. The van der Waals surface area contributed by atoms with Crippen molar-refractivity contribution >= 4 is 5.69 Å². The van der Waals surface area contributed by atoms with Gasteiger partial charge in [-0.05, 0) is 24.6 Å². The second-order valence-electron chi connectivity index (χ2n) is 2.82. The minimum Gasteiger partial charge on any atom is -0.395 e. The molecule has 0 aliphatic carbocycles. The van der Waals surface area contributed by atoms with Gasteiger partial charge in [-0.25, -0.2) is 9.67 Å². The largest absolute Gasteiger partial charge is 0.395 e. The summed E-state index contributed by atoms with van der Waals surface area (Å²) in [6, 6.07) is 3.71. The fraction of sp³-hybridized carbons (Fsp3) is 0.111. The first kappa shape index (κ1) is 7.79. The van der Waals surface area contributed by atoms with Crippen molar-refractivity contribution in [2.75, 3.05) is 5.73 Å². The molecular formula is C9H10N4. The molecule has 2 heterocycles. The first-order valence-corrected chi connectivity index (χ1v) is 4.00. The molecule has 4 heteroatoms. The Bertz CT molecular complexity index is 406. The molecule has 2 rings (SSSR count). The van der Waals surface area contributed by atoms with Crippen LogP contribution in [-0.2, 0) is 0 Å². The summed E-state index contributed by atoms with van der Waals surface area (Å²) >= 11 is 0. The van der Waals surface area contributed by atoms with Gasteiger partial charge in [0.1, 0.15) is 0 Å². The summed E-state index contributed by atoms with van der Waals surface area (Å²) in [5.41, 5.74) is 7.54. The Labute approximate surface area is 76.0 Å². The fourth-order valence-electron chi connectivity index (χ4n) is 1.13. The van der Waals surface area contributed by atoms with Crippen LogP contribution in [0.4, 0.5) is 5.69 Å². The van der Waals surface area contributed by atoms with Gasteiger partial charge in [-0.15, -0.1) is 0 Å². The molecule has 0 amide bonds. The molecule has 0 unspecified atom stereocenters. The summed E-state index contributed by atoms with van der Waals surface area (Å²) in [7, 11) is 0. The van der Waals surface area contributed by atoms with E-state index in [2.05, 4.69) is 10.1 Å². The molecule has 0 radical (unpaired) electrons. The molecule has 13 heavy (non-hydrogen) atoms. The fourth-order valence-corrected chi connectivity index (χ4v) is 1.13. The van der Waals surface area contributed by atoms with E-state index >= 15 is 0 Å². The second kappa shape index (κ2) is 2.90. The molecule has 2 aromatic heterocycles. The molecule has 2 N–H and O–H groups in total.